The van der Waals surface area contributed by atoms with Crippen LogP contribution in [0.4, 0.5) is 5.69 Å². The molecule has 7 heteroatoms. The largest absolute Gasteiger partial charge is 0.383 e. The van der Waals surface area contributed by atoms with Crippen molar-refractivity contribution < 1.29 is 9.84 Å². The lowest BCUT2D eigenvalue weighted by atomic mass is 10.00. The summed E-state index contributed by atoms with van der Waals surface area (Å²) in [5.41, 5.74) is 7.57. The van der Waals surface area contributed by atoms with Crippen LogP contribution < -0.4 is 11.1 Å². The minimum Gasteiger partial charge on any atom is -0.383 e. The number of hydrogen-bond acceptors (Lipinski definition) is 4. The number of thiophene rings is 1. The summed E-state index contributed by atoms with van der Waals surface area (Å²) in [6.45, 7) is 2.41. The molecule has 0 fully saturated rings. The number of hydrogen-bond donors (Lipinski definition) is 3. The number of anilines is 1. The van der Waals surface area contributed by atoms with Gasteiger partial charge in [-0.3, -0.25) is 0 Å². The van der Waals surface area contributed by atoms with E-state index in [1.54, 1.807) is 25.4 Å². The molecule has 1 aromatic heterocycles. The lowest BCUT2D eigenvalue weighted by molar-refractivity contribution is 0.0678. The quantitative estimate of drug-likeness (QED) is 0.361. The zero-order valence-corrected chi connectivity index (χ0v) is 16.3. The van der Waals surface area contributed by atoms with Crippen molar-refractivity contribution in [3.63, 3.8) is 0 Å². The van der Waals surface area contributed by atoms with Crippen LogP contribution in [0.2, 0.25) is 0 Å². The normalized spacial score (nSPS) is 14.0. The number of guanidine groups is 1. The summed E-state index contributed by atoms with van der Waals surface area (Å²) in [4.78, 5) is 4.25. The molecule has 126 valence electrons. The van der Waals surface area contributed by atoms with Crippen LogP contribution >= 0.6 is 35.3 Å². The molecule has 0 bridgehead atoms. The number of aliphatic imine (C=N–C) groups is 1. The average molecular weight is 447 g/mol. The van der Waals surface area contributed by atoms with Crippen molar-refractivity contribution in [1.29, 1.82) is 0 Å². The number of nitrogens with two attached hydrogens (primary N) is 1. The molecule has 1 heterocycles. The van der Waals surface area contributed by atoms with E-state index in [2.05, 4.69) is 10.3 Å². The third kappa shape index (κ3) is 5.76. The van der Waals surface area contributed by atoms with E-state index < -0.39 is 5.60 Å². The predicted octanol–water partition coefficient (Wildman–Crippen LogP) is 3.15. The Morgan fingerprint density at radius 3 is 2.78 bits per heavy atom. The van der Waals surface area contributed by atoms with Gasteiger partial charge in [0.2, 0.25) is 0 Å². The van der Waals surface area contributed by atoms with Gasteiger partial charge in [0, 0.05) is 18.4 Å². The van der Waals surface area contributed by atoms with Crippen molar-refractivity contribution in [3.05, 3.63) is 52.2 Å². The summed E-state index contributed by atoms with van der Waals surface area (Å²) in [5, 5.41) is 17.3. The molecule has 2 aromatic rings. The minimum atomic E-state index is -1.03. The van der Waals surface area contributed by atoms with Crippen molar-refractivity contribution in [2.24, 2.45) is 10.7 Å². The first-order valence-electron chi connectivity index (χ1n) is 6.92. The number of halogens is 1. The number of benzene rings is 1. The number of ether oxygens (including phenoxy) is 1. The average Bonchev–Trinajstić information content (AvgIpc) is 3.03. The van der Waals surface area contributed by atoms with Crippen LogP contribution in [0.25, 0.3) is 0 Å². The van der Waals surface area contributed by atoms with Crippen LogP contribution in [0, 0.1) is 0 Å². The van der Waals surface area contributed by atoms with Crippen LogP contribution in [0.5, 0.6) is 0 Å². The van der Waals surface area contributed by atoms with E-state index in [4.69, 9.17) is 10.5 Å². The topological polar surface area (TPSA) is 79.9 Å². The molecule has 1 atom stereocenters. The zero-order chi connectivity index (χ0) is 16.0. The summed E-state index contributed by atoms with van der Waals surface area (Å²) < 4.78 is 5.15. The molecule has 0 spiro atoms. The Morgan fingerprint density at radius 1 is 1.39 bits per heavy atom. The van der Waals surface area contributed by atoms with Gasteiger partial charge in [0.1, 0.15) is 5.60 Å². The van der Waals surface area contributed by atoms with E-state index in [0.717, 1.165) is 16.8 Å². The molecular weight excluding hydrogens is 425 g/mol. The Bertz CT molecular complexity index is 630. The molecule has 2 rings (SSSR count). The second-order valence-corrected chi connectivity index (χ2v) is 5.98. The number of rotatable bonds is 6. The fraction of sp³-hybridized carbons (Fsp3) is 0.312. The van der Waals surface area contributed by atoms with Crippen molar-refractivity contribution >= 4 is 47.0 Å². The molecule has 1 aromatic carbocycles. The van der Waals surface area contributed by atoms with E-state index in [0.29, 0.717) is 6.61 Å². The summed E-state index contributed by atoms with van der Waals surface area (Å²) >= 11 is 1.54. The first kappa shape index (κ1) is 19.9. The summed E-state index contributed by atoms with van der Waals surface area (Å²) in [6.07, 6.45) is 0. The standard InChI is InChI=1S/C16H21N3O2S.HI/c1-16(20,13-7-8-22-10-13)11-18-15(17)19-14-6-4-3-5-12(14)9-21-2;/h3-8,10,20H,9,11H2,1-2H3,(H3,17,18,19);1H. The smallest absolute Gasteiger partial charge is 0.193 e. The minimum absolute atomic E-state index is 0. The summed E-state index contributed by atoms with van der Waals surface area (Å²) in [6, 6.07) is 9.61. The Balaban J connectivity index is 0.00000264. The van der Waals surface area contributed by atoms with Crippen LogP contribution in [0.3, 0.4) is 0 Å². The monoisotopic (exact) mass is 447 g/mol. The second kappa shape index (κ2) is 9.21. The fourth-order valence-electron chi connectivity index (χ4n) is 2.00. The highest BCUT2D eigenvalue weighted by molar-refractivity contribution is 14.0. The van der Waals surface area contributed by atoms with Crippen LogP contribution in [-0.4, -0.2) is 24.7 Å². The van der Waals surface area contributed by atoms with Gasteiger partial charge in [-0.05, 0) is 35.4 Å². The van der Waals surface area contributed by atoms with E-state index in [1.807, 2.05) is 41.1 Å². The molecule has 0 amide bonds. The van der Waals surface area contributed by atoms with Gasteiger partial charge in [0.05, 0.1) is 13.2 Å². The van der Waals surface area contributed by atoms with Gasteiger partial charge < -0.3 is 20.9 Å². The van der Waals surface area contributed by atoms with Crippen molar-refractivity contribution in [2.75, 3.05) is 19.0 Å². The van der Waals surface area contributed by atoms with Gasteiger partial charge in [-0.15, -0.1) is 24.0 Å². The van der Waals surface area contributed by atoms with Gasteiger partial charge in [-0.25, -0.2) is 4.99 Å². The third-order valence-electron chi connectivity index (χ3n) is 3.28. The van der Waals surface area contributed by atoms with Crippen LogP contribution in [-0.2, 0) is 16.9 Å². The second-order valence-electron chi connectivity index (χ2n) is 5.20. The maximum atomic E-state index is 10.4. The highest BCUT2D eigenvalue weighted by atomic mass is 127. The first-order chi connectivity index (χ1) is 10.5. The predicted molar refractivity (Wildman–Crippen MR) is 107 cm³/mol. The van der Waals surface area contributed by atoms with Crippen LogP contribution in [0.15, 0.2) is 46.1 Å². The third-order valence-corrected chi connectivity index (χ3v) is 3.96. The number of nitrogens with zero attached hydrogens (tertiary/aromatic N) is 1. The first-order valence-corrected chi connectivity index (χ1v) is 7.86. The molecule has 0 radical (unpaired) electrons. The molecule has 23 heavy (non-hydrogen) atoms. The van der Waals surface area contributed by atoms with Crippen molar-refractivity contribution in [1.82, 2.24) is 0 Å². The Kier molecular flexibility index (Phi) is 7.97. The van der Waals surface area contributed by atoms with Crippen molar-refractivity contribution in [2.45, 2.75) is 19.1 Å². The lowest BCUT2D eigenvalue weighted by Gasteiger charge is -2.20. The van der Waals surface area contributed by atoms with Gasteiger partial charge in [-0.2, -0.15) is 11.3 Å². The Morgan fingerprint density at radius 2 is 2.13 bits per heavy atom. The molecule has 5 nitrogen and oxygen atoms in total. The highest BCUT2D eigenvalue weighted by Gasteiger charge is 2.23. The number of para-hydroxylation sites is 1. The number of methoxy groups -OCH3 is 1. The Labute approximate surface area is 157 Å². The van der Waals surface area contributed by atoms with Crippen molar-refractivity contribution in [3.8, 4) is 0 Å². The molecule has 1 unspecified atom stereocenters. The van der Waals surface area contributed by atoms with Gasteiger partial charge in [-0.1, -0.05) is 18.2 Å². The maximum Gasteiger partial charge on any atom is 0.193 e. The molecular formula is C16H22IN3O2S. The molecule has 0 saturated carbocycles. The van der Waals surface area contributed by atoms with E-state index in [9.17, 15) is 5.11 Å². The summed E-state index contributed by atoms with van der Waals surface area (Å²) in [5.74, 6) is 0.263. The van der Waals surface area contributed by atoms with E-state index >= 15 is 0 Å². The molecule has 4 N–H and O–H groups in total. The SMILES string of the molecule is COCc1ccccc1NC(N)=NCC(C)(O)c1ccsc1.I. The van der Waals surface area contributed by atoms with Gasteiger partial charge >= 0.3 is 0 Å². The zero-order valence-electron chi connectivity index (χ0n) is 13.2. The molecule has 0 aliphatic carbocycles. The molecule has 0 aliphatic rings. The van der Waals surface area contributed by atoms with Gasteiger partial charge in [0.15, 0.2) is 5.96 Å². The van der Waals surface area contributed by atoms with Crippen LogP contribution in [0.1, 0.15) is 18.1 Å². The molecule has 0 aliphatic heterocycles. The number of nitrogens with one attached hydrogen (secondary N) is 1. The van der Waals surface area contributed by atoms with E-state index in [-0.39, 0.29) is 36.5 Å². The maximum absolute atomic E-state index is 10.4. The van der Waals surface area contributed by atoms with Gasteiger partial charge in [0.25, 0.3) is 0 Å². The Hall–Kier alpha value is -1.16. The highest BCUT2D eigenvalue weighted by Crippen LogP contribution is 2.23. The van der Waals surface area contributed by atoms with E-state index in [1.165, 1.54) is 0 Å². The fourth-order valence-corrected chi connectivity index (χ4v) is 2.79. The lowest BCUT2D eigenvalue weighted by Crippen LogP contribution is -2.29. The number of aliphatic hydroxyl groups is 1. The summed E-state index contributed by atoms with van der Waals surface area (Å²) in [7, 11) is 1.65. The molecule has 0 saturated heterocycles.